The minimum Gasteiger partial charge on any atom is -0.345 e. The first-order valence-electron chi connectivity index (χ1n) is 9.03. The number of carbonyl (C=O) groups is 2. The molecule has 0 radical (unpaired) electrons. The van der Waals surface area contributed by atoms with Crippen LogP contribution in [0.25, 0.3) is 10.9 Å². The van der Waals surface area contributed by atoms with Crippen LogP contribution in [0.4, 0.5) is 0 Å². The van der Waals surface area contributed by atoms with Crippen molar-refractivity contribution in [2.24, 2.45) is 12.5 Å². The molecule has 0 saturated carbocycles. The van der Waals surface area contributed by atoms with Crippen LogP contribution in [-0.2, 0) is 11.8 Å². The van der Waals surface area contributed by atoms with E-state index in [0.717, 1.165) is 36.7 Å². The predicted molar refractivity (Wildman–Crippen MR) is 97.5 cm³/mol. The van der Waals surface area contributed by atoms with Gasteiger partial charge in [0.05, 0.1) is 10.9 Å². The first-order chi connectivity index (χ1) is 11.9. The van der Waals surface area contributed by atoms with E-state index in [1.165, 1.54) is 5.56 Å². The number of hydrogen-bond donors (Lipinski definition) is 0. The second-order valence-corrected chi connectivity index (χ2v) is 7.69. The molecule has 1 spiro atoms. The fraction of sp³-hybridized carbons (Fsp3) is 0.500. The molecule has 0 aliphatic carbocycles. The van der Waals surface area contributed by atoms with E-state index in [2.05, 4.69) is 13.0 Å². The molecule has 0 unspecified atom stereocenters. The minimum absolute atomic E-state index is 0.0380. The van der Waals surface area contributed by atoms with Gasteiger partial charge in [-0.1, -0.05) is 18.2 Å². The van der Waals surface area contributed by atoms with E-state index in [9.17, 15) is 9.59 Å². The van der Waals surface area contributed by atoms with Crippen molar-refractivity contribution in [2.75, 3.05) is 26.7 Å². The lowest BCUT2D eigenvalue weighted by molar-refractivity contribution is -0.143. The second kappa shape index (κ2) is 5.61. The Morgan fingerprint density at radius 2 is 1.96 bits per heavy atom. The van der Waals surface area contributed by atoms with Gasteiger partial charge >= 0.3 is 0 Å². The van der Waals surface area contributed by atoms with E-state index < -0.39 is 0 Å². The van der Waals surface area contributed by atoms with Gasteiger partial charge in [0.1, 0.15) is 5.69 Å². The smallest absolute Gasteiger partial charge is 0.270 e. The highest BCUT2D eigenvalue weighted by atomic mass is 16.2. The molecule has 1 aromatic carbocycles. The molecule has 2 aromatic rings. The highest BCUT2D eigenvalue weighted by molar-refractivity contribution is 6.00. The maximum atomic E-state index is 13.1. The third-order valence-corrected chi connectivity index (χ3v) is 6.07. The molecule has 25 heavy (non-hydrogen) atoms. The Labute approximate surface area is 148 Å². The molecule has 1 aromatic heterocycles. The summed E-state index contributed by atoms with van der Waals surface area (Å²) in [5.41, 5.74) is 2.62. The Morgan fingerprint density at radius 3 is 2.72 bits per heavy atom. The summed E-state index contributed by atoms with van der Waals surface area (Å²) in [4.78, 5) is 29.5. The molecule has 2 aliphatic rings. The SMILES string of the molecule is Cc1cccc2cc(C(=O)N3CC[C@@]4(CCCN(C)C4=O)C3)n(C)c12. The van der Waals surface area contributed by atoms with Crippen molar-refractivity contribution < 1.29 is 9.59 Å². The number of aryl methyl sites for hydroxylation is 2. The van der Waals surface area contributed by atoms with Crippen LogP contribution in [0.15, 0.2) is 24.3 Å². The first-order valence-corrected chi connectivity index (χ1v) is 9.03. The largest absolute Gasteiger partial charge is 0.345 e. The fourth-order valence-corrected chi connectivity index (χ4v) is 4.68. The fourth-order valence-electron chi connectivity index (χ4n) is 4.68. The van der Waals surface area contributed by atoms with Crippen LogP contribution < -0.4 is 0 Å². The molecule has 2 aliphatic heterocycles. The number of nitrogens with zero attached hydrogens (tertiary/aromatic N) is 3. The molecule has 5 heteroatoms. The van der Waals surface area contributed by atoms with Crippen LogP contribution in [0.5, 0.6) is 0 Å². The van der Waals surface area contributed by atoms with Gasteiger partial charge in [0.25, 0.3) is 5.91 Å². The standard InChI is InChI=1S/C20H25N3O2/c1-14-6-4-7-15-12-16(22(3)17(14)15)18(24)23-11-9-20(13-23)8-5-10-21(2)19(20)25/h4,6-7,12H,5,8-11,13H2,1-3H3/t20-/m0/s1. The lowest BCUT2D eigenvalue weighted by Gasteiger charge is -2.37. The number of piperidine rings is 1. The summed E-state index contributed by atoms with van der Waals surface area (Å²) in [6.45, 7) is 4.11. The molecule has 2 amide bonds. The van der Waals surface area contributed by atoms with E-state index in [0.29, 0.717) is 18.8 Å². The van der Waals surface area contributed by atoms with Crippen molar-refractivity contribution in [1.29, 1.82) is 0 Å². The van der Waals surface area contributed by atoms with Gasteiger partial charge in [0, 0.05) is 39.1 Å². The molecule has 5 nitrogen and oxygen atoms in total. The number of rotatable bonds is 1. The average molecular weight is 339 g/mol. The Kier molecular flexibility index (Phi) is 3.63. The summed E-state index contributed by atoms with van der Waals surface area (Å²) < 4.78 is 1.99. The summed E-state index contributed by atoms with van der Waals surface area (Å²) in [6, 6.07) is 8.11. The summed E-state index contributed by atoms with van der Waals surface area (Å²) in [7, 11) is 3.83. The molecule has 2 saturated heterocycles. The lowest BCUT2D eigenvalue weighted by atomic mass is 9.78. The van der Waals surface area contributed by atoms with Crippen molar-refractivity contribution in [3.05, 3.63) is 35.5 Å². The Hall–Kier alpha value is -2.30. The highest BCUT2D eigenvalue weighted by Gasteiger charge is 2.48. The van der Waals surface area contributed by atoms with Crippen LogP contribution in [-0.4, -0.2) is 52.9 Å². The topological polar surface area (TPSA) is 45.6 Å². The maximum absolute atomic E-state index is 13.1. The Morgan fingerprint density at radius 1 is 1.16 bits per heavy atom. The van der Waals surface area contributed by atoms with Gasteiger partial charge in [-0.3, -0.25) is 9.59 Å². The van der Waals surface area contributed by atoms with Crippen LogP contribution >= 0.6 is 0 Å². The van der Waals surface area contributed by atoms with Gasteiger partial charge in [-0.05, 0) is 37.8 Å². The zero-order chi connectivity index (χ0) is 17.8. The Balaban J connectivity index is 1.64. The van der Waals surface area contributed by atoms with Gasteiger partial charge in [0.15, 0.2) is 0 Å². The van der Waals surface area contributed by atoms with Crippen molar-refractivity contribution in [3.8, 4) is 0 Å². The number of amides is 2. The van der Waals surface area contributed by atoms with E-state index >= 15 is 0 Å². The minimum atomic E-state index is -0.358. The van der Waals surface area contributed by atoms with E-state index in [4.69, 9.17) is 0 Å². The van der Waals surface area contributed by atoms with Crippen molar-refractivity contribution >= 4 is 22.7 Å². The number of carbonyl (C=O) groups excluding carboxylic acids is 2. The number of fused-ring (bicyclic) bond motifs is 1. The third-order valence-electron chi connectivity index (χ3n) is 6.07. The predicted octanol–water partition coefficient (Wildman–Crippen LogP) is 2.57. The van der Waals surface area contributed by atoms with Gasteiger partial charge in [0.2, 0.25) is 5.91 Å². The molecule has 0 bridgehead atoms. The lowest BCUT2D eigenvalue weighted by Crippen LogP contribution is -2.48. The summed E-state index contributed by atoms with van der Waals surface area (Å²) in [6.07, 6.45) is 2.70. The number of likely N-dealkylation sites (tertiary alicyclic amines) is 2. The maximum Gasteiger partial charge on any atom is 0.270 e. The zero-order valence-corrected chi connectivity index (χ0v) is 15.2. The van der Waals surface area contributed by atoms with E-state index in [1.54, 1.807) is 0 Å². The van der Waals surface area contributed by atoms with Crippen molar-refractivity contribution in [1.82, 2.24) is 14.4 Å². The van der Waals surface area contributed by atoms with Crippen LogP contribution in [0, 0.1) is 12.3 Å². The molecule has 1 atom stereocenters. The van der Waals surface area contributed by atoms with E-state index in [1.807, 2.05) is 46.7 Å². The summed E-state index contributed by atoms with van der Waals surface area (Å²) >= 11 is 0. The average Bonchev–Trinajstić information content (AvgIpc) is 3.16. The monoisotopic (exact) mass is 339 g/mol. The second-order valence-electron chi connectivity index (χ2n) is 7.69. The number of aromatic nitrogens is 1. The quantitative estimate of drug-likeness (QED) is 0.802. The van der Waals surface area contributed by atoms with Crippen molar-refractivity contribution in [2.45, 2.75) is 26.2 Å². The normalized spacial score (nSPS) is 23.9. The number of hydrogen-bond acceptors (Lipinski definition) is 2. The molecule has 132 valence electrons. The van der Waals surface area contributed by atoms with Crippen LogP contribution in [0.3, 0.4) is 0 Å². The molecular weight excluding hydrogens is 314 g/mol. The molecule has 0 N–H and O–H groups in total. The number of benzene rings is 1. The molecule has 4 rings (SSSR count). The zero-order valence-electron chi connectivity index (χ0n) is 15.2. The Bertz CT molecular complexity index is 869. The molecule has 3 heterocycles. The van der Waals surface area contributed by atoms with E-state index in [-0.39, 0.29) is 17.2 Å². The van der Waals surface area contributed by atoms with Gasteiger partial charge in [-0.2, -0.15) is 0 Å². The third kappa shape index (κ3) is 2.36. The summed E-state index contributed by atoms with van der Waals surface area (Å²) in [5.74, 6) is 0.248. The highest BCUT2D eigenvalue weighted by Crippen LogP contribution is 2.40. The number of para-hydroxylation sites is 1. The van der Waals surface area contributed by atoms with Crippen LogP contribution in [0.1, 0.15) is 35.3 Å². The first kappa shape index (κ1) is 16.2. The van der Waals surface area contributed by atoms with Gasteiger partial charge < -0.3 is 14.4 Å². The van der Waals surface area contributed by atoms with Crippen molar-refractivity contribution in [3.63, 3.8) is 0 Å². The summed E-state index contributed by atoms with van der Waals surface area (Å²) in [5, 5.41) is 1.09. The molecular formula is C20H25N3O2. The molecule has 2 fully saturated rings. The van der Waals surface area contributed by atoms with Gasteiger partial charge in [-0.15, -0.1) is 0 Å². The van der Waals surface area contributed by atoms with Crippen LogP contribution in [0.2, 0.25) is 0 Å². The van der Waals surface area contributed by atoms with Gasteiger partial charge in [-0.25, -0.2) is 0 Å².